The van der Waals surface area contributed by atoms with E-state index in [1.165, 1.54) is 24.3 Å². The number of carboxylic acid groups (broad SMARTS) is 1. The van der Waals surface area contributed by atoms with E-state index in [-0.39, 0.29) is 17.9 Å². The van der Waals surface area contributed by atoms with E-state index in [9.17, 15) is 24.8 Å². The van der Waals surface area contributed by atoms with Gasteiger partial charge in [-0.25, -0.2) is 9.59 Å². The second kappa shape index (κ2) is 14.5. The van der Waals surface area contributed by atoms with Crippen LogP contribution >= 0.6 is 0 Å². The summed E-state index contributed by atoms with van der Waals surface area (Å²) in [6, 6.07) is 26.5. The third kappa shape index (κ3) is 7.33. The number of benzene rings is 4. The Morgan fingerprint density at radius 3 is 2.36 bits per heavy atom. The fourth-order valence-electron chi connectivity index (χ4n) is 5.20. The first-order valence-electron chi connectivity index (χ1n) is 15.3. The van der Waals surface area contributed by atoms with Gasteiger partial charge in [-0.05, 0) is 65.6 Å². The molecule has 254 valence electrons. The third-order valence-electron chi connectivity index (χ3n) is 7.49. The van der Waals surface area contributed by atoms with Crippen molar-refractivity contribution in [3.63, 3.8) is 0 Å². The lowest BCUT2D eigenvalue weighted by atomic mass is 9.98. The molecule has 0 saturated heterocycles. The fourth-order valence-corrected chi connectivity index (χ4v) is 5.20. The molecule has 50 heavy (non-hydrogen) atoms. The predicted molar refractivity (Wildman–Crippen MR) is 176 cm³/mol. The summed E-state index contributed by atoms with van der Waals surface area (Å²) in [4.78, 5) is 44.7. The van der Waals surface area contributed by atoms with Crippen molar-refractivity contribution in [3.8, 4) is 34.3 Å². The number of para-hydroxylation sites is 1. The second-order valence-corrected chi connectivity index (χ2v) is 10.8. The van der Waals surface area contributed by atoms with Gasteiger partial charge in [0, 0.05) is 5.56 Å². The van der Waals surface area contributed by atoms with E-state index in [1.807, 2.05) is 55.5 Å². The van der Waals surface area contributed by atoms with E-state index in [2.05, 4.69) is 25.2 Å². The van der Waals surface area contributed by atoms with Crippen molar-refractivity contribution in [2.24, 2.45) is 0 Å². The number of carboxylic acids is 1. The first-order valence-corrected chi connectivity index (χ1v) is 15.3. The summed E-state index contributed by atoms with van der Waals surface area (Å²) in [6.45, 7) is 3.86. The van der Waals surface area contributed by atoms with Gasteiger partial charge in [0.25, 0.3) is 11.1 Å². The van der Waals surface area contributed by atoms with Crippen molar-refractivity contribution in [3.05, 3.63) is 118 Å². The number of aromatic nitrogens is 6. The van der Waals surface area contributed by atoms with Crippen molar-refractivity contribution < 1.29 is 38.8 Å². The Labute approximate surface area is 283 Å². The molecule has 1 unspecified atom stereocenters. The van der Waals surface area contributed by atoms with Crippen molar-refractivity contribution in [2.45, 2.75) is 33.2 Å². The van der Waals surface area contributed by atoms with Crippen LogP contribution in [0.4, 0.5) is 4.79 Å². The van der Waals surface area contributed by atoms with Crippen molar-refractivity contribution >= 4 is 23.2 Å². The monoisotopic (exact) mass is 679 g/mol. The van der Waals surface area contributed by atoms with Crippen LogP contribution in [0.5, 0.6) is 11.8 Å². The summed E-state index contributed by atoms with van der Waals surface area (Å²) >= 11 is 0. The molecule has 2 heterocycles. The number of carbonyl (C=O) groups excluding carboxylic acids is 1. The van der Waals surface area contributed by atoms with Crippen LogP contribution in [-0.4, -0.2) is 58.7 Å². The minimum Gasteiger partial charge on any atom is -0.478 e. The highest BCUT2D eigenvalue weighted by Crippen LogP contribution is 2.31. The first kappa shape index (κ1) is 33.1. The maximum Gasteiger partial charge on any atom is 0.515 e. The maximum atomic E-state index is 12.4. The summed E-state index contributed by atoms with van der Waals surface area (Å²) in [5.74, 6) is -0.587. The number of nitrogens with zero attached hydrogens (tertiary/aromatic N) is 7. The van der Waals surface area contributed by atoms with Crippen LogP contribution in [-0.2, 0) is 22.7 Å². The van der Waals surface area contributed by atoms with Crippen LogP contribution in [0, 0.1) is 10.1 Å². The second-order valence-electron chi connectivity index (χ2n) is 10.8. The Hall–Kier alpha value is -6.84. The third-order valence-corrected chi connectivity index (χ3v) is 7.49. The van der Waals surface area contributed by atoms with E-state index in [1.54, 1.807) is 29.7 Å². The Bertz CT molecular complexity index is 2160. The molecule has 0 aliphatic rings. The highest BCUT2D eigenvalue weighted by atomic mass is 16.9. The molecule has 16 nitrogen and oxygen atoms in total. The largest absolute Gasteiger partial charge is 0.515 e. The van der Waals surface area contributed by atoms with Crippen LogP contribution in [0.15, 0.2) is 91.0 Å². The number of carbonyl (C=O) groups is 2. The van der Waals surface area contributed by atoms with Gasteiger partial charge < -0.3 is 24.2 Å². The fraction of sp³-hybridized carbons (Fsp3) is 0.176. The van der Waals surface area contributed by atoms with E-state index in [0.717, 1.165) is 21.5 Å². The molecule has 0 aliphatic carbocycles. The maximum absolute atomic E-state index is 12.4. The van der Waals surface area contributed by atoms with Gasteiger partial charge in [-0.2, -0.15) is 4.98 Å². The Balaban J connectivity index is 1.16. The molecule has 6 rings (SSSR count). The molecule has 0 radical (unpaired) electrons. The van der Waals surface area contributed by atoms with Crippen LogP contribution in [0.25, 0.3) is 33.5 Å². The van der Waals surface area contributed by atoms with E-state index in [4.69, 9.17) is 14.2 Å². The molecule has 4 aromatic carbocycles. The molecule has 0 bridgehead atoms. The Kier molecular flexibility index (Phi) is 9.60. The number of ether oxygens (including phenoxy) is 3. The molecule has 16 heteroatoms. The summed E-state index contributed by atoms with van der Waals surface area (Å²) in [5, 5.41) is 32.0. The molecular weight excluding hydrogens is 650 g/mol. The Morgan fingerprint density at radius 2 is 1.66 bits per heavy atom. The van der Waals surface area contributed by atoms with Gasteiger partial charge in [0.2, 0.25) is 12.1 Å². The molecule has 1 atom stereocenters. The van der Waals surface area contributed by atoms with Crippen molar-refractivity contribution in [1.29, 1.82) is 0 Å². The topological polar surface area (TPSA) is 196 Å². The number of aromatic carboxylic acids is 1. The van der Waals surface area contributed by atoms with Crippen molar-refractivity contribution in [2.75, 3.05) is 6.61 Å². The SMILES string of the molecule is CCOc1nc2cccc(C(=O)O)c2n1Cc1ccc(-c2ccccc2-c2nnn(C(C)OC(=O)Oc3ccc(CO[N+](=O)[O-])cc3)n2)cc1. The summed E-state index contributed by atoms with van der Waals surface area (Å²) in [7, 11) is 0. The van der Waals surface area contributed by atoms with Crippen LogP contribution in [0.2, 0.25) is 0 Å². The van der Waals surface area contributed by atoms with Gasteiger partial charge in [0.15, 0.2) is 0 Å². The molecule has 6 aromatic rings. The van der Waals surface area contributed by atoms with E-state index < -0.39 is 23.4 Å². The number of rotatable bonds is 13. The van der Waals surface area contributed by atoms with Crippen LogP contribution < -0.4 is 9.47 Å². The van der Waals surface area contributed by atoms with Crippen LogP contribution in [0.1, 0.15) is 41.6 Å². The lowest BCUT2D eigenvalue weighted by Crippen LogP contribution is -2.19. The van der Waals surface area contributed by atoms with E-state index in [0.29, 0.717) is 47.1 Å². The highest BCUT2D eigenvalue weighted by molar-refractivity contribution is 6.01. The molecule has 0 amide bonds. The van der Waals surface area contributed by atoms with Gasteiger partial charge in [-0.3, -0.25) is 4.57 Å². The van der Waals surface area contributed by atoms with Crippen LogP contribution in [0.3, 0.4) is 0 Å². The molecule has 0 fully saturated rings. The predicted octanol–water partition coefficient (Wildman–Crippen LogP) is 5.94. The smallest absolute Gasteiger partial charge is 0.478 e. The van der Waals surface area contributed by atoms with E-state index >= 15 is 0 Å². The summed E-state index contributed by atoms with van der Waals surface area (Å²) in [6.07, 6.45) is -1.98. The lowest BCUT2D eigenvalue weighted by molar-refractivity contribution is -0.763. The highest BCUT2D eigenvalue weighted by Gasteiger charge is 2.21. The number of tetrazole rings is 1. The molecule has 2 aromatic heterocycles. The quantitative estimate of drug-likeness (QED) is 0.0652. The normalized spacial score (nSPS) is 11.6. The van der Waals surface area contributed by atoms with Gasteiger partial charge in [-0.1, -0.05) is 66.7 Å². The minimum absolute atomic E-state index is 0.137. The standard InChI is InChI=1S/C34H29N7O9/c1-3-47-33-35-29-10-6-9-28(32(42)43)30(29)39(33)19-22-11-15-24(16-12-22)26-7-4-5-8-27(26)31-36-38-40(37-31)21(2)49-34(44)50-25-17-13-23(14-18-25)20-48-41(45)46/h4-18,21H,3,19-20H2,1-2H3,(H,42,43). The zero-order valence-corrected chi connectivity index (χ0v) is 26.7. The minimum atomic E-state index is -1.05. The zero-order chi connectivity index (χ0) is 35.2. The average Bonchev–Trinajstić information content (AvgIpc) is 3.74. The summed E-state index contributed by atoms with van der Waals surface area (Å²) < 4.78 is 18.0. The first-order chi connectivity index (χ1) is 24.2. The zero-order valence-electron chi connectivity index (χ0n) is 26.7. The van der Waals surface area contributed by atoms with Gasteiger partial charge in [0.1, 0.15) is 12.4 Å². The summed E-state index contributed by atoms with van der Waals surface area (Å²) in [5.41, 5.74) is 4.95. The van der Waals surface area contributed by atoms with Gasteiger partial charge >= 0.3 is 12.1 Å². The molecular formula is C34H29N7O9. The average molecular weight is 680 g/mol. The number of hydrogen-bond acceptors (Lipinski definition) is 12. The molecule has 0 spiro atoms. The van der Waals surface area contributed by atoms with Gasteiger partial charge in [-0.15, -0.1) is 25.1 Å². The number of imidazole rings is 1. The Morgan fingerprint density at radius 1 is 0.940 bits per heavy atom. The molecule has 1 N–H and O–H groups in total. The van der Waals surface area contributed by atoms with Crippen molar-refractivity contribution in [1.82, 2.24) is 29.8 Å². The number of fused-ring (bicyclic) bond motifs is 1. The lowest BCUT2D eigenvalue weighted by Gasteiger charge is -2.12. The molecule has 0 aliphatic heterocycles. The van der Waals surface area contributed by atoms with Gasteiger partial charge in [0.05, 0.1) is 29.7 Å². The molecule has 0 saturated carbocycles. The number of hydrogen-bond donors (Lipinski definition) is 1.